The Hall–Kier alpha value is -2.95. The molecular formula is C37H44NO3PS. The van der Waals surface area contributed by atoms with Crippen molar-refractivity contribution in [3.8, 4) is 0 Å². The molecule has 1 aliphatic heterocycles. The van der Waals surface area contributed by atoms with E-state index in [1.165, 1.54) is 27.1 Å². The smallest absolute Gasteiger partial charge is 0.182 e. The van der Waals surface area contributed by atoms with Crippen molar-refractivity contribution in [3.63, 3.8) is 0 Å². The van der Waals surface area contributed by atoms with Crippen LogP contribution in [0.1, 0.15) is 46.5 Å². The number of thioether (sulfide) groups is 1. The molecule has 0 aliphatic carbocycles. The van der Waals surface area contributed by atoms with Crippen LogP contribution in [-0.4, -0.2) is 48.8 Å². The fourth-order valence-electron chi connectivity index (χ4n) is 5.71. The molecule has 1 saturated heterocycles. The molecule has 226 valence electrons. The molecule has 0 atom stereocenters. The summed E-state index contributed by atoms with van der Waals surface area (Å²) in [5.41, 5.74) is 5.22. The van der Waals surface area contributed by atoms with E-state index >= 15 is 0 Å². The quantitative estimate of drug-likeness (QED) is 0.115. The maximum absolute atomic E-state index is 14.2. The zero-order valence-electron chi connectivity index (χ0n) is 26.3. The number of carbonyl (C=O) groups excluding carboxylic acids is 1. The molecule has 0 saturated carbocycles. The number of ether oxygens (including phenoxy) is 1. The Balaban J connectivity index is 0.000000203. The number of ketones is 1. The van der Waals surface area contributed by atoms with Crippen molar-refractivity contribution in [2.45, 2.75) is 51.2 Å². The van der Waals surface area contributed by atoms with E-state index in [2.05, 4.69) is 37.8 Å². The number of hydrogen-bond donors (Lipinski definition) is 0. The molecule has 4 nitrogen and oxygen atoms in total. The van der Waals surface area contributed by atoms with E-state index in [0.717, 1.165) is 29.3 Å². The van der Waals surface area contributed by atoms with E-state index in [4.69, 9.17) is 4.74 Å². The Labute approximate surface area is 262 Å². The van der Waals surface area contributed by atoms with Gasteiger partial charge in [-0.1, -0.05) is 90.5 Å². The molecule has 1 fully saturated rings. The molecule has 0 bridgehead atoms. The Bertz CT molecular complexity index is 1480. The Kier molecular flexibility index (Phi) is 11.3. The fraction of sp³-hybridized carbons (Fsp3) is 0.324. The first-order valence-corrected chi connectivity index (χ1v) is 18.0. The maximum Gasteiger partial charge on any atom is 0.182 e. The molecule has 1 heterocycles. The van der Waals surface area contributed by atoms with Gasteiger partial charge in [0, 0.05) is 40.3 Å². The van der Waals surface area contributed by atoms with Crippen LogP contribution in [0.3, 0.4) is 0 Å². The fourth-order valence-corrected chi connectivity index (χ4v) is 9.04. The van der Waals surface area contributed by atoms with Gasteiger partial charge in [0.25, 0.3) is 0 Å². The van der Waals surface area contributed by atoms with Crippen LogP contribution in [0.2, 0.25) is 0 Å². The van der Waals surface area contributed by atoms with E-state index in [1.54, 1.807) is 11.8 Å². The highest BCUT2D eigenvalue weighted by molar-refractivity contribution is 7.98. The first kappa shape index (κ1) is 33.0. The molecule has 0 N–H and O–H groups in total. The van der Waals surface area contributed by atoms with Crippen LogP contribution in [0.25, 0.3) is 0 Å². The SMILES string of the molecule is CSc1ccc(C(=O)C(C)(C)N2CCOCC2)cc1.Cc1cc(C)c(CP(=O)(c2ccccc2)c2ccccc2)c(C)c1. The summed E-state index contributed by atoms with van der Waals surface area (Å²) in [5, 5.41) is 1.85. The zero-order chi connectivity index (χ0) is 31.0. The summed E-state index contributed by atoms with van der Waals surface area (Å²) in [5.74, 6) is 0.182. The van der Waals surface area contributed by atoms with Gasteiger partial charge in [-0.25, -0.2) is 0 Å². The maximum atomic E-state index is 14.2. The van der Waals surface area contributed by atoms with Gasteiger partial charge in [0.1, 0.15) is 7.14 Å². The Morgan fingerprint density at radius 3 is 1.77 bits per heavy atom. The summed E-state index contributed by atoms with van der Waals surface area (Å²) in [6, 6.07) is 32.0. The summed E-state index contributed by atoms with van der Waals surface area (Å²) < 4.78 is 19.5. The molecule has 1 aliphatic rings. The minimum Gasteiger partial charge on any atom is -0.379 e. The van der Waals surface area contributed by atoms with E-state index in [9.17, 15) is 9.36 Å². The molecule has 43 heavy (non-hydrogen) atoms. The molecule has 5 rings (SSSR count). The van der Waals surface area contributed by atoms with E-state index in [0.29, 0.717) is 19.4 Å². The lowest BCUT2D eigenvalue weighted by Gasteiger charge is -2.39. The number of nitrogens with zero attached hydrogens (tertiary/aromatic N) is 1. The standard InChI is InChI=1S/C22H23OP.C15H21NO2S/c1-17-14-18(2)22(19(3)15-17)16-24(23,20-10-6-4-7-11-20)21-12-8-5-9-13-21;1-15(2,16-8-10-18-11-9-16)14(17)12-4-6-13(19-3)7-5-12/h4-15H,16H2,1-3H3;4-7H,8-11H2,1-3H3. The lowest BCUT2D eigenvalue weighted by Crippen LogP contribution is -2.54. The molecule has 0 aromatic heterocycles. The summed E-state index contributed by atoms with van der Waals surface area (Å²) in [7, 11) is -2.71. The van der Waals surface area contributed by atoms with Gasteiger partial charge in [-0.3, -0.25) is 9.69 Å². The van der Waals surface area contributed by atoms with Crippen molar-refractivity contribution in [1.29, 1.82) is 0 Å². The van der Waals surface area contributed by atoms with Crippen LogP contribution in [0.4, 0.5) is 0 Å². The third kappa shape index (κ3) is 7.96. The number of carbonyl (C=O) groups is 1. The lowest BCUT2D eigenvalue weighted by atomic mass is 9.91. The van der Waals surface area contributed by atoms with Gasteiger partial charge in [-0.2, -0.15) is 0 Å². The number of morpholine rings is 1. The summed E-state index contributed by atoms with van der Waals surface area (Å²) in [6.07, 6.45) is 2.60. The molecule has 6 heteroatoms. The number of hydrogen-bond acceptors (Lipinski definition) is 5. The molecule has 0 spiro atoms. The van der Waals surface area contributed by atoms with Crippen molar-refractivity contribution >= 4 is 35.3 Å². The number of rotatable bonds is 8. The normalized spacial score (nSPS) is 14.1. The van der Waals surface area contributed by atoms with Crippen LogP contribution in [0.5, 0.6) is 0 Å². The van der Waals surface area contributed by atoms with Gasteiger partial charge in [0.05, 0.1) is 18.8 Å². The first-order valence-electron chi connectivity index (χ1n) is 14.8. The predicted molar refractivity (Wildman–Crippen MR) is 183 cm³/mol. The molecule has 0 radical (unpaired) electrons. The van der Waals surface area contributed by atoms with Gasteiger partial charge in [0.15, 0.2) is 5.78 Å². The average Bonchev–Trinajstić information content (AvgIpc) is 3.04. The van der Waals surface area contributed by atoms with Crippen LogP contribution >= 0.6 is 18.9 Å². The first-order chi connectivity index (χ1) is 20.6. The molecule has 0 unspecified atom stereocenters. The summed E-state index contributed by atoms with van der Waals surface area (Å²) in [6.45, 7) is 13.4. The second kappa shape index (κ2) is 14.7. The van der Waals surface area contributed by atoms with Crippen molar-refractivity contribution in [2.24, 2.45) is 0 Å². The second-order valence-electron chi connectivity index (χ2n) is 11.7. The minimum absolute atomic E-state index is 0.182. The second-order valence-corrected chi connectivity index (χ2v) is 15.4. The van der Waals surface area contributed by atoms with Crippen LogP contribution < -0.4 is 10.6 Å². The van der Waals surface area contributed by atoms with E-state index in [1.807, 2.05) is 105 Å². The van der Waals surface area contributed by atoms with E-state index < -0.39 is 12.7 Å². The van der Waals surface area contributed by atoms with Gasteiger partial charge >= 0.3 is 0 Å². The van der Waals surface area contributed by atoms with Gasteiger partial charge < -0.3 is 9.30 Å². The van der Waals surface area contributed by atoms with Crippen molar-refractivity contribution < 1.29 is 14.1 Å². The van der Waals surface area contributed by atoms with Crippen LogP contribution in [0, 0.1) is 20.8 Å². The van der Waals surface area contributed by atoms with Crippen LogP contribution in [-0.2, 0) is 15.5 Å². The van der Waals surface area contributed by atoms with Gasteiger partial charge in [0.2, 0.25) is 0 Å². The average molecular weight is 614 g/mol. The topological polar surface area (TPSA) is 46.6 Å². The Morgan fingerprint density at radius 1 is 0.814 bits per heavy atom. The molecule has 0 amide bonds. The minimum atomic E-state index is -2.71. The van der Waals surface area contributed by atoms with Crippen LogP contribution in [0.15, 0.2) is 102 Å². The monoisotopic (exact) mass is 613 g/mol. The van der Waals surface area contributed by atoms with Crippen molar-refractivity contribution in [2.75, 3.05) is 32.6 Å². The highest BCUT2D eigenvalue weighted by atomic mass is 32.2. The third-order valence-electron chi connectivity index (χ3n) is 8.28. The number of aryl methyl sites for hydroxylation is 3. The summed E-state index contributed by atoms with van der Waals surface area (Å²) in [4.78, 5) is 16.1. The highest BCUT2D eigenvalue weighted by Gasteiger charge is 2.36. The zero-order valence-corrected chi connectivity index (χ0v) is 28.0. The predicted octanol–water partition coefficient (Wildman–Crippen LogP) is 7.83. The Morgan fingerprint density at radius 2 is 1.30 bits per heavy atom. The highest BCUT2D eigenvalue weighted by Crippen LogP contribution is 2.48. The van der Waals surface area contributed by atoms with E-state index in [-0.39, 0.29) is 5.78 Å². The number of Topliss-reactive ketones (excluding diaryl/α,β-unsaturated/α-hetero) is 1. The largest absolute Gasteiger partial charge is 0.379 e. The lowest BCUT2D eigenvalue weighted by molar-refractivity contribution is -0.00430. The third-order valence-corrected chi connectivity index (χ3v) is 12.0. The van der Waals surface area contributed by atoms with Gasteiger partial charge in [-0.15, -0.1) is 11.8 Å². The number of benzene rings is 4. The van der Waals surface area contributed by atoms with Crippen molar-refractivity contribution in [1.82, 2.24) is 4.90 Å². The molecular weight excluding hydrogens is 569 g/mol. The molecule has 4 aromatic rings. The molecule has 4 aromatic carbocycles. The van der Waals surface area contributed by atoms with Gasteiger partial charge in [-0.05, 0) is 69.7 Å². The summed E-state index contributed by atoms with van der Waals surface area (Å²) >= 11 is 1.69. The van der Waals surface area contributed by atoms with Crippen molar-refractivity contribution in [3.05, 3.63) is 125 Å².